The van der Waals surface area contributed by atoms with Crippen LogP contribution in [0.15, 0.2) is 0 Å². The van der Waals surface area contributed by atoms with Crippen LogP contribution in [-0.2, 0) is 24.0 Å². The fourth-order valence-corrected chi connectivity index (χ4v) is 6.18. The van der Waals surface area contributed by atoms with E-state index in [0.717, 1.165) is 0 Å². The SMILES string of the molecule is CC(C)C[C@@H](CC(=O)O)C(=O)N[C@@H](CSSC[C@H](CC(C)C)C(=O)N[C@H](C(=O)O)[C@@H](C)O)C(=O)C(C)C. The van der Waals surface area contributed by atoms with E-state index in [0.29, 0.717) is 18.6 Å². The highest BCUT2D eigenvalue weighted by Crippen LogP contribution is 2.28. The molecular formula is C25H44N2O8S2. The van der Waals surface area contributed by atoms with Crippen LogP contribution in [-0.4, -0.2) is 74.5 Å². The fraction of sp³-hybridized carbons (Fsp3) is 0.800. The van der Waals surface area contributed by atoms with Crippen molar-refractivity contribution in [3.8, 4) is 0 Å². The zero-order chi connectivity index (χ0) is 28.9. The number of hydrogen-bond donors (Lipinski definition) is 5. The van der Waals surface area contributed by atoms with E-state index < -0.39 is 53.8 Å². The maximum atomic E-state index is 12.9. The van der Waals surface area contributed by atoms with Crippen molar-refractivity contribution < 1.29 is 39.3 Å². The Balaban J connectivity index is 5.29. The monoisotopic (exact) mass is 564 g/mol. The van der Waals surface area contributed by atoms with Crippen LogP contribution in [0.4, 0.5) is 0 Å². The van der Waals surface area contributed by atoms with E-state index >= 15 is 0 Å². The summed E-state index contributed by atoms with van der Waals surface area (Å²) in [5, 5.41) is 33.3. The summed E-state index contributed by atoms with van der Waals surface area (Å²) in [5.74, 6) is -4.25. The Kier molecular flexibility index (Phi) is 16.8. The minimum Gasteiger partial charge on any atom is -0.481 e. The summed E-state index contributed by atoms with van der Waals surface area (Å²) in [6.45, 7) is 12.4. The summed E-state index contributed by atoms with van der Waals surface area (Å²) in [6.07, 6.45) is -0.680. The first-order valence-corrected chi connectivity index (χ1v) is 15.1. The normalized spacial score (nSPS) is 15.6. The molecule has 0 aromatic carbocycles. The van der Waals surface area contributed by atoms with E-state index in [1.54, 1.807) is 13.8 Å². The number of aliphatic hydroxyl groups is 1. The summed E-state index contributed by atoms with van der Waals surface area (Å²) in [6, 6.07) is -2.22. The Bertz CT molecular complexity index is 774. The summed E-state index contributed by atoms with van der Waals surface area (Å²) < 4.78 is 0. The molecule has 0 fully saturated rings. The molecule has 2 amide bonds. The van der Waals surface area contributed by atoms with Crippen LogP contribution in [0.5, 0.6) is 0 Å². The van der Waals surface area contributed by atoms with E-state index in [-0.39, 0.29) is 35.7 Å². The molecule has 0 unspecified atom stereocenters. The van der Waals surface area contributed by atoms with Crippen molar-refractivity contribution in [3.05, 3.63) is 0 Å². The molecule has 12 heteroatoms. The number of nitrogens with one attached hydrogen (secondary N) is 2. The minimum absolute atomic E-state index is 0.109. The van der Waals surface area contributed by atoms with Gasteiger partial charge in [0.15, 0.2) is 11.8 Å². The zero-order valence-corrected chi connectivity index (χ0v) is 24.5. The van der Waals surface area contributed by atoms with Gasteiger partial charge in [-0.3, -0.25) is 19.2 Å². The van der Waals surface area contributed by atoms with Crippen LogP contribution in [0.25, 0.3) is 0 Å². The molecule has 0 radical (unpaired) electrons. The van der Waals surface area contributed by atoms with Crippen molar-refractivity contribution >= 4 is 51.1 Å². The summed E-state index contributed by atoms with van der Waals surface area (Å²) in [5.41, 5.74) is 0. The molecule has 0 aliphatic rings. The Morgan fingerprint density at radius 2 is 1.22 bits per heavy atom. The highest BCUT2D eigenvalue weighted by Gasteiger charge is 2.31. The maximum absolute atomic E-state index is 12.9. The van der Waals surface area contributed by atoms with E-state index in [9.17, 15) is 39.3 Å². The number of carboxylic acid groups (broad SMARTS) is 2. The lowest BCUT2D eigenvalue weighted by Gasteiger charge is -2.24. The van der Waals surface area contributed by atoms with E-state index in [2.05, 4.69) is 10.6 Å². The first-order chi connectivity index (χ1) is 17.1. The molecule has 0 aliphatic heterocycles. The predicted octanol–water partition coefficient (Wildman–Crippen LogP) is 2.83. The van der Waals surface area contributed by atoms with Crippen LogP contribution >= 0.6 is 21.6 Å². The first kappa shape index (κ1) is 35.2. The molecule has 0 heterocycles. The van der Waals surface area contributed by atoms with Gasteiger partial charge in [-0.15, -0.1) is 0 Å². The number of ketones is 1. The average Bonchev–Trinajstić information content (AvgIpc) is 2.75. The standard InChI is InChI=1S/C25H44N2O8S2/c1-13(2)8-17(10-20(29)30)23(32)26-19(22(31)15(5)6)12-37-36-11-18(9-14(3)4)24(33)27-21(16(7)28)25(34)35/h13-19,21,28H,8-12H2,1-7H3,(H,26,32)(H,27,33)(H,29,30)(H,34,35)/t16-,17+,18+,19+,21+/m1/s1. The molecule has 0 spiro atoms. The van der Waals surface area contributed by atoms with Gasteiger partial charge in [-0.1, -0.05) is 63.1 Å². The van der Waals surface area contributed by atoms with Crippen LogP contribution in [0.2, 0.25) is 0 Å². The number of carbonyl (C=O) groups excluding carboxylic acids is 3. The van der Waals surface area contributed by atoms with E-state index in [1.165, 1.54) is 28.5 Å². The van der Waals surface area contributed by atoms with Crippen molar-refractivity contribution in [1.82, 2.24) is 10.6 Å². The number of rotatable bonds is 19. The molecule has 0 aromatic heterocycles. The molecule has 0 saturated heterocycles. The molecule has 5 N–H and O–H groups in total. The second-order valence-corrected chi connectivity index (χ2v) is 13.1. The van der Waals surface area contributed by atoms with Gasteiger partial charge in [0.25, 0.3) is 0 Å². The van der Waals surface area contributed by atoms with Crippen molar-refractivity contribution in [2.45, 2.75) is 85.9 Å². The minimum atomic E-state index is -1.41. The van der Waals surface area contributed by atoms with E-state index in [4.69, 9.17) is 0 Å². The summed E-state index contributed by atoms with van der Waals surface area (Å²) in [4.78, 5) is 61.0. The Labute approximate surface area is 227 Å². The lowest BCUT2D eigenvalue weighted by molar-refractivity contribution is -0.145. The third kappa shape index (κ3) is 14.7. The van der Waals surface area contributed by atoms with Gasteiger partial charge in [-0.2, -0.15) is 0 Å². The van der Waals surface area contributed by atoms with Crippen molar-refractivity contribution in [3.63, 3.8) is 0 Å². The lowest BCUT2D eigenvalue weighted by atomic mass is 9.92. The number of hydrogen-bond acceptors (Lipinski definition) is 8. The Morgan fingerprint density at radius 1 is 0.730 bits per heavy atom. The highest BCUT2D eigenvalue weighted by molar-refractivity contribution is 8.76. The fourth-order valence-electron chi connectivity index (χ4n) is 3.68. The number of aliphatic hydroxyl groups excluding tert-OH is 1. The summed E-state index contributed by atoms with van der Waals surface area (Å²) in [7, 11) is 2.65. The van der Waals surface area contributed by atoms with Crippen LogP contribution in [0.3, 0.4) is 0 Å². The molecule has 0 aliphatic carbocycles. The topological polar surface area (TPSA) is 170 Å². The highest BCUT2D eigenvalue weighted by atomic mass is 33.1. The third-order valence-electron chi connectivity index (χ3n) is 5.54. The predicted molar refractivity (Wildman–Crippen MR) is 146 cm³/mol. The number of aliphatic carboxylic acids is 2. The van der Waals surface area contributed by atoms with Gasteiger partial charge < -0.3 is 26.0 Å². The molecule has 214 valence electrons. The lowest BCUT2D eigenvalue weighted by Crippen LogP contribution is -2.50. The second kappa shape index (κ2) is 17.7. The van der Waals surface area contributed by atoms with Gasteiger partial charge in [-0.05, 0) is 31.6 Å². The van der Waals surface area contributed by atoms with Crippen LogP contribution in [0.1, 0.15) is 67.7 Å². The Morgan fingerprint density at radius 3 is 1.65 bits per heavy atom. The van der Waals surface area contributed by atoms with Crippen molar-refractivity contribution in [1.29, 1.82) is 0 Å². The summed E-state index contributed by atoms with van der Waals surface area (Å²) >= 11 is 0. The van der Waals surface area contributed by atoms with Gasteiger partial charge in [0.05, 0.1) is 18.6 Å². The van der Waals surface area contributed by atoms with Gasteiger partial charge in [0.2, 0.25) is 11.8 Å². The molecule has 0 rings (SSSR count). The van der Waals surface area contributed by atoms with Gasteiger partial charge in [0, 0.05) is 29.3 Å². The third-order valence-corrected chi connectivity index (χ3v) is 8.03. The number of carbonyl (C=O) groups is 5. The van der Waals surface area contributed by atoms with Crippen LogP contribution < -0.4 is 10.6 Å². The smallest absolute Gasteiger partial charge is 0.328 e. The first-order valence-electron chi connectivity index (χ1n) is 12.6. The molecule has 0 aromatic rings. The van der Waals surface area contributed by atoms with Gasteiger partial charge >= 0.3 is 11.9 Å². The second-order valence-electron chi connectivity index (χ2n) is 10.5. The molecule has 0 bridgehead atoms. The van der Waals surface area contributed by atoms with E-state index in [1.807, 2.05) is 27.7 Å². The molecule has 10 nitrogen and oxygen atoms in total. The average molecular weight is 565 g/mol. The number of carboxylic acids is 2. The molecule has 0 saturated carbocycles. The van der Waals surface area contributed by atoms with Crippen molar-refractivity contribution in [2.24, 2.45) is 29.6 Å². The van der Waals surface area contributed by atoms with Gasteiger partial charge in [0.1, 0.15) is 0 Å². The molecular weight excluding hydrogens is 520 g/mol. The largest absolute Gasteiger partial charge is 0.481 e. The maximum Gasteiger partial charge on any atom is 0.328 e. The molecule has 5 atom stereocenters. The number of Topliss-reactive ketones (excluding diaryl/α,β-unsaturated/α-hetero) is 1. The zero-order valence-electron chi connectivity index (χ0n) is 22.9. The quantitative estimate of drug-likeness (QED) is 0.116. The van der Waals surface area contributed by atoms with Crippen molar-refractivity contribution in [2.75, 3.05) is 11.5 Å². The Hall–Kier alpha value is -1.79. The number of amides is 2. The molecule has 37 heavy (non-hydrogen) atoms. The van der Waals surface area contributed by atoms with Gasteiger partial charge in [-0.25, -0.2) is 4.79 Å². The van der Waals surface area contributed by atoms with Crippen LogP contribution in [0, 0.1) is 29.6 Å².